The first-order valence-corrected chi connectivity index (χ1v) is 16.0. The van der Waals surface area contributed by atoms with Crippen LogP contribution in [0.25, 0.3) is 0 Å². The fraction of sp³-hybridized carbons (Fsp3) is 0.800. The Bertz CT molecular complexity index is 1060. The first-order valence-electron chi connectivity index (χ1n) is 13.6. The lowest BCUT2D eigenvalue weighted by molar-refractivity contribution is -0.119. The summed E-state index contributed by atoms with van der Waals surface area (Å²) >= 11 is 0.976. The van der Waals surface area contributed by atoms with Gasteiger partial charge in [-0.3, -0.25) is 18.4 Å². The zero-order chi connectivity index (χ0) is 30.1. The number of nitrogen functional groups attached to an aromatic ring is 1. The van der Waals surface area contributed by atoms with Crippen molar-refractivity contribution in [2.24, 2.45) is 5.41 Å². The molecule has 2 rings (SSSR count). The third-order valence-corrected chi connectivity index (χ3v) is 9.93. The fourth-order valence-corrected chi connectivity index (χ4v) is 6.70. The maximum Gasteiger partial charge on any atom is 0.408 e. The third kappa shape index (κ3) is 8.83. The van der Waals surface area contributed by atoms with Gasteiger partial charge in [-0.25, -0.2) is 14.0 Å². The van der Waals surface area contributed by atoms with E-state index in [2.05, 4.69) is 4.98 Å². The largest absolute Gasteiger partial charge is 0.408 e. The molecule has 0 saturated carbocycles. The molecule has 0 spiro atoms. The van der Waals surface area contributed by atoms with Gasteiger partial charge < -0.3 is 25.8 Å². The van der Waals surface area contributed by atoms with E-state index in [4.69, 9.17) is 19.5 Å². The highest BCUT2D eigenvalue weighted by atomic mass is 32.2. The van der Waals surface area contributed by atoms with Crippen molar-refractivity contribution in [2.75, 3.05) is 44.4 Å². The van der Waals surface area contributed by atoms with Crippen LogP contribution >= 0.6 is 19.5 Å². The Morgan fingerprint density at radius 1 is 1.30 bits per heavy atom. The van der Waals surface area contributed by atoms with Gasteiger partial charge in [-0.15, -0.1) is 0 Å². The van der Waals surface area contributed by atoms with Crippen molar-refractivity contribution in [1.82, 2.24) is 14.2 Å². The van der Waals surface area contributed by atoms with Gasteiger partial charge in [0.15, 0.2) is 11.3 Å². The highest BCUT2D eigenvalue weighted by Crippen LogP contribution is 2.53. The Kier molecular flexibility index (Phi) is 13.3. The minimum Gasteiger partial charge on any atom is -0.395 e. The first kappa shape index (κ1) is 34.8. The molecule has 15 heteroatoms. The number of carbonyl (C=O) groups is 1. The van der Waals surface area contributed by atoms with E-state index in [1.165, 1.54) is 19.2 Å². The van der Waals surface area contributed by atoms with Crippen LogP contribution in [0, 0.1) is 5.41 Å². The maximum absolute atomic E-state index is 14.2. The van der Waals surface area contributed by atoms with E-state index in [1.54, 1.807) is 18.5 Å². The van der Waals surface area contributed by atoms with E-state index in [-0.39, 0.29) is 29.9 Å². The molecule has 13 nitrogen and oxygen atoms in total. The molecule has 1 aliphatic heterocycles. The lowest BCUT2D eigenvalue weighted by Crippen LogP contribution is -2.46. The summed E-state index contributed by atoms with van der Waals surface area (Å²) in [6.07, 6.45) is 0.541. The molecule has 0 radical (unpaired) electrons. The molecule has 1 fully saturated rings. The van der Waals surface area contributed by atoms with Gasteiger partial charge in [-0.05, 0) is 39.7 Å². The number of hydrogen-bond acceptors (Lipinski definition) is 12. The molecule has 1 saturated heterocycles. The number of nitrogens with two attached hydrogens (primary N) is 1. The summed E-state index contributed by atoms with van der Waals surface area (Å²) in [5, 5.41) is 31.1. The molecule has 230 valence electrons. The molecule has 0 bridgehead atoms. The molecule has 5 N–H and O–H groups in total. The van der Waals surface area contributed by atoms with Gasteiger partial charge >= 0.3 is 13.4 Å². The van der Waals surface area contributed by atoms with Crippen molar-refractivity contribution in [3.05, 3.63) is 22.7 Å². The molecule has 0 aromatic carbocycles. The average molecular weight is 609 g/mol. The van der Waals surface area contributed by atoms with Crippen LogP contribution in [0.5, 0.6) is 0 Å². The molecular weight excluding hydrogens is 563 g/mol. The van der Waals surface area contributed by atoms with E-state index in [0.29, 0.717) is 13.1 Å². The van der Waals surface area contributed by atoms with E-state index in [0.717, 1.165) is 42.0 Å². The fourth-order valence-electron chi connectivity index (χ4n) is 3.94. The van der Waals surface area contributed by atoms with Crippen molar-refractivity contribution < 1.29 is 38.5 Å². The topological polar surface area (TPSA) is 187 Å². The van der Waals surface area contributed by atoms with Crippen LogP contribution in [0.3, 0.4) is 0 Å². The normalized spacial score (nSPS) is 24.9. The molecule has 0 amide bonds. The number of unbranched alkanes of at least 4 members (excludes halogenated alkanes) is 2. The predicted octanol–water partition coefficient (Wildman–Crippen LogP) is 2.16. The van der Waals surface area contributed by atoms with Gasteiger partial charge in [0.2, 0.25) is 0 Å². The van der Waals surface area contributed by atoms with Crippen LogP contribution in [0.2, 0.25) is 0 Å². The van der Waals surface area contributed by atoms with Crippen LogP contribution < -0.4 is 11.4 Å². The lowest BCUT2D eigenvalue weighted by Gasteiger charge is -2.31. The van der Waals surface area contributed by atoms with Crippen molar-refractivity contribution >= 4 is 30.4 Å². The highest BCUT2D eigenvalue weighted by Gasteiger charge is 2.54. The first-order chi connectivity index (χ1) is 18.7. The molecule has 2 heterocycles. The summed E-state index contributed by atoms with van der Waals surface area (Å²) in [7, 11) is -3.94. The van der Waals surface area contributed by atoms with Gasteiger partial charge in [0.1, 0.15) is 23.6 Å². The third-order valence-electron chi connectivity index (χ3n) is 6.67. The average Bonchev–Trinajstić information content (AvgIpc) is 3.13. The SMILES string of the molecule is CCCCN(CCCC)P(=O)(OCCSC(=O)C(C)(C)CO)OC[C@H]1O[C@@H](n2ccc(N)nc2=O)C(C)(O)[C@H]1O. The van der Waals surface area contributed by atoms with Gasteiger partial charge in [-0.1, -0.05) is 38.5 Å². The number of aromatic nitrogens is 2. The Hall–Kier alpha value is -1.35. The second-order valence-corrected chi connectivity index (χ2v) is 13.8. The zero-order valence-corrected chi connectivity index (χ0v) is 25.7. The Balaban J connectivity index is 2.20. The summed E-state index contributed by atoms with van der Waals surface area (Å²) in [5.41, 5.74) is 1.98. The zero-order valence-electron chi connectivity index (χ0n) is 24.0. The minimum atomic E-state index is -3.94. The van der Waals surface area contributed by atoms with Gasteiger partial charge in [0, 0.05) is 25.0 Å². The number of rotatable bonds is 17. The van der Waals surface area contributed by atoms with E-state index < -0.39 is 49.5 Å². The van der Waals surface area contributed by atoms with Gasteiger partial charge in [-0.2, -0.15) is 4.98 Å². The van der Waals surface area contributed by atoms with E-state index in [9.17, 15) is 29.5 Å². The highest BCUT2D eigenvalue weighted by molar-refractivity contribution is 8.13. The van der Waals surface area contributed by atoms with Crippen molar-refractivity contribution in [1.29, 1.82) is 0 Å². The number of aliphatic hydroxyl groups is 3. The predicted molar refractivity (Wildman–Crippen MR) is 153 cm³/mol. The smallest absolute Gasteiger partial charge is 0.395 e. The Morgan fingerprint density at radius 2 is 1.93 bits per heavy atom. The number of nitrogens with zero attached hydrogens (tertiary/aromatic N) is 3. The summed E-state index contributed by atoms with van der Waals surface area (Å²) in [5.74, 6) is 0.189. The Labute approximate surface area is 240 Å². The van der Waals surface area contributed by atoms with Gasteiger partial charge in [0.25, 0.3) is 0 Å². The quantitative estimate of drug-likeness (QED) is 0.149. The number of carbonyl (C=O) groups excluding carboxylic acids is 1. The monoisotopic (exact) mass is 608 g/mol. The second-order valence-electron chi connectivity index (χ2n) is 10.7. The molecule has 1 aromatic heterocycles. The summed E-state index contributed by atoms with van der Waals surface area (Å²) in [4.78, 5) is 28.4. The number of thioether (sulfide) groups is 1. The van der Waals surface area contributed by atoms with Gasteiger partial charge in [0.05, 0.1) is 25.2 Å². The Morgan fingerprint density at radius 3 is 2.48 bits per heavy atom. The van der Waals surface area contributed by atoms with E-state index in [1.807, 2.05) is 13.8 Å². The number of aliphatic hydroxyl groups excluding tert-OH is 2. The van der Waals surface area contributed by atoms with Crippen LogP contribution in [-0.2, 0) is 23.1 Å². The van der Waals surface area contributed by atoms with Crippen LogP contribution in [0.1, 0.15) is 66.5 Å². The number of hydrogen-bond donors (Lipinski definition) is 4. The maximum atomic E-state index is 14.2. The van der Waals surface area contributed by atoms with Crippen molar-refractivity contribution in [3.8, 4) is 0 Å². The van der Waals surface area contributed by atoms with Crippen molar-refractivity contribution in [3.63, 3.8) is 0 Å². The van der Waals surface area contributed by atoms with E-state index >= 15 is 0 Å². The standard InChI is InChI=1S/C25H45N4O9PS/c1-6-8-11-28(12-9-7-2)39(35,36-14-15-40-22(32)24(3,4)17-30)37-16-18-20(31)25(5,34)21(38-18)29-13-10-19(26)27-23(29)33/h10,13,18,20-21,30-31,34H,6-9,11-12,14-17H2,1-5H3,(H2,26,27,33)/t18-,20+,21-,25?,39?/m1/s1. The summed E-state index contributed by atoms with van der Waals surface area (Å²) < 4.78 is 34.3. The molecule has 5 atom stereocenters. The summed E-state index contributed by atoms with van der Waals surface area (Å²) in [6.45, 7) is 8.73. The molecule has 0 aliphatic carbocycles. The summed E-state index contributed by atoms with van der Waals surface area (Å²) in [6, 6.07) is 1.36. The lowest BCUT2D eigenvalue weighted by atomic mass is 9.96. The molecule has 2 unspecified atom stereocenters. The molecule has 1 aliphatic rings. The second kappa shape index (κ2) is 15.2. The van der Waals surface area contributed by atoms with Crippen molar-refractivity contribution in [2.45, 2.75) is 84.3 Å². The minimum absolute atomic E-state index is 0.00329. The number of anilines is 1. The number of ether oxygens (including phenoxy) is 1. The molecular formula is C25H45N4O9PS. The van der Waals surface area contributed by atoms with Crippen LogP contribution in [0.4, 0.5) is 5.82 Å². The van der Waals surface area contributed by atoms with Crippen LogP contribution in [0.15, 0.2) is 17.1 Å². The molecule has 1 aromatic rings. The molecule has 40 heavy (non-hydrogen) atoms. The van der Waals surface area contributed by atoms with Crippen LogP contribution in [-0.4, -0.2) is 91.1 Å².